The first-order valence-corrected chi connectivity index (χ1v) is 4.60. The first-order chi connectivity index (χ1) is 8.42. The predicted molar refractivity (Wildman–Crippen MR) is 57.4 cm³/mol. The van der Waals surface area contributed by atoms with E-state index in [4.69, 9.17) is 0 Å². The van der Waals surface area contributed by atoms with Gasteiger partial charge in [0, 0.05) is 12.1 Å². The molecule has 1 aromatic rings. The van der Waals surface area contributed by atoms with Gasteiger partial charge in [-0.3, -0.25) is 10.1 Å². The number of phenols is 1. The van der Waals surface area contributed by atoms with E-state index in [1.165, 1.54) is 0 Å². The number of carbonyl (C=O) groups is 2. The molecule has 0 radical (unpaired) electrons. The summed E-state index contributed by atoms with van der Waals surface area (Å²) in [5.41, 5.74) is -1.49. The van der Waals surface area contributed by atoms with E-state index in [-0.39, 0.29) is 0 Å². The lowest BCUT2D eigenvalue weighted by atomic mass is 10.1. The maximum atomic E-state index is 11.3. The summed E-state index contributed by atoms with van der Waals surface area (Å²) < 4.78 is 8.69. The van der Waals surface area contributed by atoms with Crippen molar-refractivity contribution < 1.29 is 29.1 Å². The fourth-order valence-corrected chi connectivity index (χ4v) is 1.26. The number of non-ortho nitro benzene ring substituents is 1. The lowest BCUT2D eigenvalue weighted by molar-refractivity contribution is -0.384. The van der Waals surface area contributed by atoms with Gasteiger partial charge in [0.1, 0.15) is 16.9 Å². The summed E-state index contributed by atoms with van der Waals surface area (Å²) in [5, 5.41) is 20.3. The van der Waals surface area contributed by atoms with Gasteiger partial charge in [0.05, 0.1) is 19.1 Å². The highest BCUT2D eigenvalue weighted by atomic mass is 16.6. The van der Waals surface area contributed by atoms with E-state index in [2.05, 4.69) is 9.47 Å². The molecule has 0 saturated heterocycles. The molecule has 1 rings (SSSR count). The second-order valence-electron chi connectivity index (χ2n) is 3.13. The molecule has 0 bridgehead atoms. The highest BCUT2D eigenvalue weighted by Gasteiger charge is 2.25. The van der Waals surface area contributed by atoms with Gasteiger partial charge >= 0.3 is 11.9 Å². The predicted octanol–water partition coefficient (Wildman–Crippen LogP) is 0.874. The molecule has 8 heteroatoms. The molecule has 0 unspecified atom stereocenters. The molecular formula is C10H9NO7. The van der Waals surface area contributed by atoms with Crippen LogP contribution in [0.3, 0.4) is 0 Å². The maximum Gasteiger partial charge on any atom is 0.341 e. The van der Waals surface area contributed by atoms with Crippen molar-refractivity contribution in [2.75, 3.05) is 14.2 Å². The Labute approximate surface area is 101 Å². The van der Waals surface area contributed by atoms with Crippen molar-refractivity contribution in [1.29, 1.82) is 0 Å². The van der Waals surface area contributed by atoms with Crippen LogP contribution in [0.5, 0.6) is 5.75 Å². The Morgan fingerprint density at radius 2 is 1.56 bits per heavy atom. The Morgan fingerprint density at radius 1 is 1.17 bits per heavy atom. The van der Waals surface area contributed by atoms with Crippen molar-refractivity contribution in [3.8, 4) is 5.75 Å². The number of nitro benzene ring substituents is 1. The van der Waals surface area contributed by atoms with Crippen LogP contribution in [0, 0.1) is 10.1 Å². The third kappa shape index (κ3) is 2.37. The zero-order valence-electron chi connectivity index (χ0n) is 9.50. The zero-order valence-corrected chi connectivity index (χ0v) is 9.50. The Bertz CT molecular complexity index is 486. The Balaban J connectivity index is 3.52. The first-order valence-electron chi connectivity index (χ1n) is 4.60. The third-order valence-corrected chi connectivity index (χ3v) is 2.12. The molecule has 0 atom stereocenters. The van der Waals surface area contributed by atoms with Gasteiger partial charge in [-0.2, -0.15) is 0 Å². The molecule has 18 heavy (non-hydrogen) atoms. The number of hydrogen-bond acceptors (Lipinski definition) is 7. The quantitative estimate of drug-likeness (QED) is 0.484. The Kier molecular flexibility index (Phi) is 3.82. The lowest BCUT2D eigenvalue weighted by Gasteiger charge is -2.07. The number of hydrogen-bond donors (Lipinski definition) is 1. The highest BCUT2D eigenvalue weighted by Crippen LogP contribution is 2.29. The van der Waals surface area contributed by atoms with Crippen molar-refractivity contribution in [3.63, 3.8) is 0 Å². The minimum Gasteiger partial charge on any atom is -0.506 e. The highest BCUT2D eigenvalue weighted by molar-refractivity contribution is 6.01. The van der Waals surface area contributed by atoms with Crippen LogP contribution in [0.2, 0.25) is 0 Å². The average molecular weight is 255 g/mol. The number of carbonyl (C=O) groups excluding carboxylic acids is 2. The number of esters is 2. The molecule has 96 valence electrons. The van der Waals surface area contributed by atoms with E-state index in [1.54, 1.807) is 0 Å². The molecule has 0 spiro atoms. The monoisotopic (exact) mass is 255 g/mol. The van der Waals surface area contributed by atoms with Crippen LogP contribution < -0.4 is 0 Å². The Morgan fingerprint density at radius 3 is 1.83 bits per heavy atom. The topological polar surface area (TPSA) is 116 Å². The standard InChI is InChI=1S/C10H9NO7/c1-17-9(13)6-3-5(11(15)16)4-7(8(6)12)10(14)18-2/h3-4,12H,1-2H3. The average Bonchev–Trinajstić information content (AvgIpc) is 2.36. The second-order valence-corrected chi connectivity index (χ2v) is 3.13. The van der Waals surface area contributed by atoms with E-state index in [9.17, 15) is 24.8 Å². The number of nitrogens with zero attached hydrogens (tertiary/aromatic N) is 1. The number of methoxy groups -OCH3 is 2. The summed E-state index contributed by atoms with van der Waals surface area (Å²) in [6.07, 6.45) is 0. The van der Waals surface area contributed by atoms with Crippen LogP contribution in [-0.4, -0.2) is 36.2 Å². The van der Waals surface area contributed by atoms with Gasteiger partial charge in [-0.05, 0) is 0 Å². The molecule has 0 aliphatic rings. The number of phenolic OH excluding ortho intramolecular Hbond substituents is 1. The maximum absolute atomic E-state index is 11.3. The lowest BCUT2D eigenvalue weighted by Crippen LogP contribution is -2.08. The van der Waals surface area contributed by atoms with Gasteiger partial charge in [0.25, 0.3) is 5.69 Å². The summed E-state index contributed by atoms with van der Waals surface area (Å²) in [4.78, 5) is 32.5. The largest absolute Gasteiger partial charge is 0.506 e. The molecule has 0 heterocycles. The van der Waals surface area contributed by atoms with Gasteiger partial charge in [0.15, 0.2) is 0 Å². The van der Waals surface area contributed by atoms with E-state index >= 15 is 0 Å². The van der Waals surface area contributed by atoms with Crippen LogP contribution in [-0.2, 0) is 9.47 Å². The first kappa shape index (κ1) is 13.4. The molecular weight excluding hydrogens is 246 g/mol. The molecule has 0 amide bonds. The van der Waals surface area contributed by atoms with E-state index in [0.29, 0.717) is 0 Å². The molecule has 0 fully saturated rings. The molecule has 1 aromatic carbocycles. The van der Waals surface area contributed by atoms with Crippen LogP contribution >= 0.6 is 0 Å². The smallest absolute Gasteiger partial charge is 0.341 e. The molecule has 1 N–H and O–H groups in total. The minimum absolute atomic E-state index is 0.480. The van der Waals surface area contributed by atoms with Gasteiger partial charge in [-0.25, -0.2) is 9.59 Å². The van der Waals surface area contributed by atoms with Gasteiger partial charge in [0.2, 0.25) is 0 Å². The summed E-state index contributed by atoms with van der Waals surface area (Å²) in [6.45, 7) is 0. The summed E-state index contributed by atoms with van der Waals surface area (Å²) >= 11 is 0. The molecule has 0 saturated carbocycles. The minimum atomic E-state index is -0.999. The molecule has 0 aromatic heterocycles. The van der Waals surface area contributed by atoms with Crippen LogP contribution in [0.4, 0.5) is 5.69 Å². The summed E-state index contributed by atoms with van der Waals surface area (Å²) in [5.74, 6) is -2.72. The number of rotatable bonds is 3. The van der Waals surface area contributed by atoms with Crippen LogP contribution in [0.25, 0.3) is 0 Å². The van der Waals surface area contributed by atoms with Crippen LogP contribution in [0.15, 0.2) is 12.1 Å². The molecule has 0 aliphatic heterocycles. The summed E-state index contributed by atoms with van der Waals surface area (Å²) in [7, 11) is 2.08. The van der Waals surface area contributed by atoms with E-state index < -0.39 is 39.4 Å². The van der Waals surface area contributed by atoms with Crippen molar-refractivity contribution in [3.05, 3.63) is 33.4 Å². The SMILES string of the molecule is COC(=O)c1cc([N+](=O)[O-])cc(C(=O)OC)c1O. The van der Waals surface area contributed by atoms with Crippen LogP contribution in [0.1, 0.15) is 20.7 Å². The number of ether oxygens (including phenoxy) is 2. The van der Waals surface area contributed by atoms with Gasteiger partial charge < -0.3 is 14.6 Å². The van der Waals surface area contributed by atoms with Gasteiger partial charge in [-0.1, -0.05) is 0 Å². The van der Waals surface area contributed by atoms with Crippen molar-refractivity contribution in [1.82, 2.24) is 0 Å². The third-order valence-electron chi connectivity index (χ3n) is 2.12. The number of benzene rings is 1. The van der Waals surface area contributed by atoms with E-state index in [1.807, 2.05) is 0 Å². The normalized spacial score (nSPS) is 9.67. The van der Waals surface area contributed by atoms with E-state index in [0.717, 1.165) is 26.4 Å². The van der Waals surface area contributed by atoms with Gasteiger partial charge in [-0.15, -0.1) is 0 Å². The van der Waals surface area contributed by atoms with Crippen molar-refractivity contribution in [2.24, 2.45) is 0 Å². The fraction of sp³-hybridized carbons (Fsp3) is 0.200. The summed E-state index contributed by atoms with van der Waals surface area (Å²) in [6, 6.07) is 1.63. The van der Waals surface area contributed by atoms with Crippen molar-refractivity contribution >= 4 is 17.6 Å². The Hall–Kier alpha value is -2.64. The molecule has 0 aliphatic carbocycles. The zero-order chi connectivity index (χ0) is 13.9. The second kappa shape index (κ2) is 5.13. The number of nitro groups is 1. The fourth-order valence-electron chi connectivity index (χ4n) is 1.26. The number of aromatic hydroxyl groups is 1. The van der Waals surface area contributed by atoms with Crippen molar-refractivity contribution in [2.45, 2.75) is 0 Å². The molecule has 8 nitrogen and oxygen atoms in total.